The van der Waals surface area contributed by atoms with Crippen LogP contribution in [-0.4, -0.2) is 242 Å². The molecule has 4 fully saturated rings. The molecule has 5 aliphatic rings. The van der Waals surface area contributed by atoms with Crippen LogP contribution in [-0.2, 0) is 51.5 Å². The topological polar surface area (TPSA) is 488 Å². The van der Waals surface area contributed by atoms with Crippen LogP contribution in [0, 0.1) is 6.92 Å². The molecule has 16 aromatic rings. The third kappa shape index (κ3) is 19.0. The molecular weight excluding hydrogens is 1660 g/mol. The predicted octanol–water partition coefficient (Wildman–Crippen LogP) is 11.7. The number of nitrogens with two attached hydrogens (primary N) is 1. The monoisotopic (exact) mass is 1750 g/mol. The predicted molar refractivity (Wildman–Crippen MR) is 482 cm³/mol. The highest BCUT2D eigenvalue weighted by molar-refractivity contribution is 6.33. The second-order valence-corrected chi connectivity index (χ2v) is 31.8. The van der Waals surface area contributed by atoms with Gasteiger partial charge in [0.25, 0.3) is 17.7 Å². The number of rotatable bonds is 21. The Morgan fingerprint density at radius 3 is 1.41 bits per heavy atom. The molecular formula is C89H94ClN27O11. The van der Waals surface area contributed by atoms with E-state index in [1.165, 1.54) is 48.3 Å². The zero-order valence-electron chi connectivity index (χ0n) is 70.6. The van der Waals surface area contributed by atoms with Crippen LogP contribution >= 0.6 is 11.6 Å². The minimum absolute atomic E-state index is 0.0652. The van der Waals surface area contributed by atoms with Crippen molar-refractivity contribution in [2.24, 2.45) is 0 Å². The molecule has 0 unspecified atom stereocenters. The van der Waals surface area contributed by atoms with E-state index in [1.807, 2.05) is 55.5 Å². The van der Waals surface area contributed by atoms with Gasteiger partial charge in [-0.15, -0.1) is 0 Å². The van der Waals surface area contributed by atoms with Gasteiger partial charge in [0.1, 0.15) is 45.7 Å². The van der Waals surface area contributed by atoms with Crippen LogP contribution in [0.2, 0.25) is 5.02 Å². The number of benzene rings is 6. The van der Waals surface area contributed by atoms with Gasteiger partial charge < -0.3 is 85.1 Å². The van der Waals surface area contributed by atoms with Gasteiger partial charge in [-0.25, -0.2) is 24.9 Å². The molecule has 14 heterocycles. The number of morpholine rings is 3. The molecule has 128 heavy (non-hydrogen) atoms. The number of amides is 4. The quantitative estimate of drug-likeness (QED) is 0.0297. The van der Waals surface area contributed by atoms with E-state index in [0.717, 1.165) is 205 Å². The van der Waals surface area contributed by atoms with Crippen molar-refractivity contribution >= 4 is 119 Å². The molecule has 21 rings (SSSR count). The number of imidazole rings is 4. The standard InChI is InChI=1S/C25H28N6O3.C24H22N8O2.C23H24ClN7O3.C17H20N6O3/c1-15-22(17-4-2-3-5-21(17)34-15)25(32)29-20-13-26-30-23(20)24-27-18-7-6-16(12-19(18)28-24)14-31-8-10-33-11-9-31;33-24(21-12-25-16-3-1-2-4-17(16)27-21)30-20-13-26-31-22(20)23-28-18-6-5-15(11-19(18)29-23)14-32-7-9-34-10-8-32;1-33-20-10-16(25)15(24)9-14(20)23(32)29-19-11-26-30-21(19)22-27-17-3-2-13(8-18(17)28-22)12-31-4-6-34-7-5-31;1-25-13-6-10-11(7-14(13)26-2)21-16(20-10)15-12(8-19-23-15)22-17(24)9-4-3-5-18-9/h6-7,12-13H,2-5,8-11,14H2,1H3,(H,26,30)(H,27,28)(H,29,32);1-6,11-13H,7-10,14H2,(H,26,31)(H,28,29)(H,30,33);2-3,8-11H,4-7,12,25H2,1H3,(H,26,30)(H,27,28)(H,29,32);6-9,18H,3-5H2,1-2H3,(H,19,23)(H,20,21)(H,22,24)/t;;;9-/m...0/s1. The van der Waals surface area contributed by atoms with E-state index in [0.29, 0.717) is 109 Å². The van der Waals surface area contributed by atoms with E-state index in [4.69, 9.17) is 55.2 Å². The number of hydrogen-bond acceptors (Lipinski definition) is 26. The maximum absolute atomic E-state index is 13.2. The highest BCUT2D eigenvalue weighted by Gasteiger charge is 2.30. The van der Waals surface area contributed by atoms with Gasteiger partial charge in [0.2, 0.25) is 5.91 Å². The fourth-order valence-electron chi connectivity index (χ4n) is 16.2. The summed E-state index contributed by atoms with van der Waals surface area (Å²) < 4.78 is 38.1. The first-order valence-corrected chi connectivity index (χ1v) is 42.5. The maximum Gasteiger partial charge on any atom is 0.275 e. The number of nitrogens with zero attached hydrogens (tertiary/aromatic N) is 13. The average molecular weight is 1750 g/mol. The van der Waals surface area contributed by atoms with E-state index in [9.17, 15) is 19.2 Å². The lowest BCUT2D eigenvalue weighted by atomic mass is 9.94. The number of anilines is 5. The van der Waals surface area contributed by atoms with Crippen molar-refractivity contribution in [2.75, 3.05) is 134 Å². The molecule has 1 aliphatic carbocycles. The Kier molecular flexibility index (Phi) is 25.3. The summed E-state index contributed by atoms with van der Waals surface area (Å²) in [5, 5.41) is 43.2. The Balaban J connectivity index is 0.000000116. The minimum Gasteiger partial charge on any atom is -0.496 e. The maximum atomic E-state index is 13.2. The lowest BCUT2D eigenvalue weighted by Crippen LogP contribution is -2.35. The zero-order chi connectivity index (χ0) is 87.7. The Bertz CT molecular complexity index is 6650. The Hall–Kier alpha value is -14.3. The molecule has 0 saturated carbocycles. The first-order chi connectivity index (χ1) is 62.6. The number of H-pyrrole nitrogens is 8. The summed E-state index contributed by atoms with van der Waals surface area (Å²) in [5.41, 5.74) is 24.7. The fraction of sp³-hybridized carbons (Fsp3) is 0.303. The molecule has 658 valence electrons. The smallest absolute Gasteiger partial charge is 0.275 e. The summed E-state index contributed by atoms with van der Waals surface area (Å²) in [4.78, 5) is 99.2. The van der Waals surface area contributed by atoms with Crippen molar-refractivity contribution in [3.63, 3.8) is 0 Å². The fourth-order valence-corrected chi connectivity index (χ4v) is 16.4. The third-order valence-corrected chi connectivity index (χ3v) is 23.2. The van der Waals surface area contributed by atoms with E-state index >= 15 is 0 Å². The molecule has 38 nitrogen and oxygen atoms in total. The van der Waals surface area contributed by atoms with Gasteiger partial charge in [0.15, 0.2) is 34.8 Å². The summed E-state index contributed by atoms with van der Waals surface area (Å²) >= 11 is 6.11. The Morgan fingerprint density at radius 2 is 0.922 bits per heavy atom. The first-order valence-electron chi connectivity index (χ1n) is 42.2. The van der Waals surface area contributed by atoms with Crippen molar-refractivity contribution in [2.45, 2.75) is 71.1 Å². The first kappa shape index (κ1) is 84.6. The summed E-state index contributed by atoms with van der Waals surface area (Å²) in [6, 6.07) is 32.5. The molecule has 15 N–H and O–H groups in total. The van der Waals surface area contributed by atoms with Gasteiger partial charge in [-0.2, -0.15) is 20.4 Å². The number of carbonyl (C=O) groups is 4. The van der Waals surface area contributed by atoms with Crippen LogP contribution in [0.5, 0.6) is 17.2 Å². The summed E-state index contributed by atoms with van der Waals surface area (Å²) in [7, 11) is 4.63. The van der Waals surface area contributed by atoms with Crippen LogP contribution < -0.4 is 46.5 Å². The summed E-state index contributed by atoms with van der Waals surface area (Å²) in [5.74, 6) is 4.50. The molecule has 0 bridgehead atoms. The second-order valence-electron chi connectivity index (χ2n) is 31.4. The van der Waals surface area contributed by atoms with Crippen molar-refractivity contribution in [3.8, 4) is 63.3 Å². The summed E-state index contributed by atoms with van der Waals surface area (Å²) in [6.07, 6.45) is 13.5. The van der Waals surface area contributed by atoms with E-state index in [1.54, 1.807) is 38.9 Å². The molecule has 6 aromatic carbocycles. The molecule has 0 spiro atoms. The minimum atomic E-state index is -0.412. The Morgan fingerprint density at radius 1 is 0.477 bits per heavy atom. The second kappa shape index (κ2) is 38.3. The number of ether oxygens (including phenoxy) is 6. The van der Waals surface area contributed by atoms with Crippen LogP contribution in [0.15, 0.2) is 139 Å². The van der Waals surface area contributed by atoms with E-state index in [-0.39, 0.29) is 40.0 Å². The van der Waals surface area contributed by atoms with Crippen molar-refractivity contribution in [1.29, 1.82) is 0 Å². The number of fused-ring (bicyclic) bond motifs is 6. The molecule has 4 amide bonds. The van der Waals surface area contributed by atoms with Gasteiger partial charge >= 0.3 is 0 Å². The van der Waals surface area contributed by atoms with Crippen LogP contribution in [0.4, 0.5) is 28.4 Å². The molecule has 1 atom stereocenters. The lowest BCUT2D eigenvalue weighted by molar-refractivity contribution is -0.117. The van der Waals surface area contributed by atoms with Gasteiger partial charge in [0, 0.05) is 89.1 Å². The van der Waals surface area contributed by atoms with Crippen LogP contribution in [0.25, 0.3) is 101 Å². The summed E-state index contributed by atoms with van der Waals surface area (Å²) in [6.45, 7) is 15.6. The molecule has 39 heteroatoms. The molecule has 0 radical (unpaired) electrons. The van der Waals surface area contributed by atoms with Gasteiger partial charge in [-0.3, -0.25) is 59.3 Å². The number of halogens is 1. The largest absolute Gasteiger partial charge is 0.496 e. The number of carbonyl (C=O) groups excluding carboxylic acids is 4. The van der Waals surface area contributed by atoms with Crippen LogP contribution in [0.1, 0.15) is 90.7 Å². The van der Waals surface area contributed by atoms with Gasteiger partial charge in [-0.1, -0.05) is 41.9 Å². The van der Waals surface area contributed by atoms with Crippen molar-refractivity contribution in [1.82, 2.24) is 111 Å². The van der Waals surface area contributed by atoms with E-state index in [2.05, 4.69) is 163 Å². The number of nitrogen functional groups attached to an aromatic ring is 1. The lowest BCUT2D eigenvalue weighted by Gasteiger charge is -2.26. The number of aromatic nitrogens is 18. The highest BCUT2D eigenvalue weighted by atomic mass is 35.5. The Labute approximate surface area is 735 Å². The number of nitrogens with one attached hydrogen (secondary N) is 13. The number of aromatic amines is 8. The SMILES string of the molecule is COc1cc(N)c(Cl)cc1C(=O)Nc1cn[nH]c1-c1nc2ccc(CN3CCOCC3)cc2[nH]1.COc1cc2nc(-c3[nH]ncc3NC(=O)[C@@H]3CCCN3)[nH]c2cc1OC.Cc1oc2c(c1C(=O)Nc1cn[nH]c1-c1nc3ccc(CN4CCOCC4)cc3[nH]1)CCCC2.O=C(Nc1cn[nH]c1-c1nc2ccc(CN3CCOCC3)cc2[nH]1)c1cnc2ccccc2n1. The van der Waals surface area contributed by atoms with Gasteiger partial charge in [-0.05, 0) is 117 Å². The van der Waals surface area contributed by atoms with Crippen LogP contribution in [0.3, 0.4) is 0 Å². The normalized spacial score (nSPS) is 15.5. The molecule has 10 aromatic heterocycles. The van der Waals surface area contributed by atoms with Crippen molar-refractivity contribution < 1.29 is 52.0 Å². The molecule has 4 aliphatic heterocycles. The number of para-hydroxylation sites is 2. The van der Waals surface area contributed by atoms with Crippen molar-refractivity contribution in [3.05, 3.63) is 190 Å². The average Bonchev–Trinajstić information content (AvgIpc) is 1.64. The number of aryl methyl sites for hydroxylation is 2. The number of hydrogen-bond donors (Lipinski definition) is 14. The number of methoxy groups -OCH3 is 3. The molecule has 4 saturated heterocycles. The number of furan rings is 1. The van der Waals surface area contributed by atoms with E-state index < -0.39 is 5.91 Å². The third-order valence-electron chi connectivity index (χ3n) is 22.9. The van der Waals surface area contributed by atoms with Gasteiger partial charge in [0.05, 0.1) is 198 Å². The zero-order valence-corrected chi connectivity index (χ0v) is 71.4. The highest BCUT2D eigenvalue weighted by Crippen LogP contribution is 2.38.